The van der Waals surface area contributed by atoms with Gasteiger partial charge in [0.15, 0.2) is 9.84 Å². The number of halogens is 1. The normalized spacial score (nSPS) is 24.3. The van der Waals surface area contributed by atoms with Crippen molar-refractivity contribution in [3.63, 3.8) is 0 Å². The van der Waals surface area contributed by atoms with Crippen LogP contribution in [0.3, 0.4) is 0 Å². The van der Waals surface area contributed by atoms with E-state index in [2.05, 4.69) is 4.90 Å². The highest BCUT2D eigenvalue weighted by Crippen LogP contribution is 2.24. The molecule has 0 bridgehead atoms. The molecule has 0 N–H and O–H groups in total. The molecule has 3 nitrogen and oxygen atoms in total. The fraction of sp³-hybridized carbons (Fsp3) is 0.538. The monoisotopic (exact) mass is 287 g/mol. The number of hydrogen-bond donors (Lipinski definition) is 0. The van der Waals surface area contributed by atoms with Gasteiger partial charge < -0.3 is 4.90 Å². The topological polar surface area (TPSA) is 37.4 Å². The van der Waals surface area contributed by atoms with Crippen LogP contribution in [0.4, 0.5) is 0 Å². The Balaban J connectivity index is 1.94. The Morgan fingerprint density at radius 3 is 2.61 bits per heavy atom. The van der Waals surface area contributed by atoms with Crippen molar-refractivity contribution in [3.8, 4) is 0 Å². The predicted octanol–water partition coefficient (Wildman–Crippen LogP) is 2.09. The summed E-state index contributed by atoms with van der Waals surface area (Å²) in [6.45, 7) is 0.672. The lowest BCUT2D eigenvalue weighted by molar-refractivity contribution is 0.262. The third-order valence-corrected chi connectivity index (χ3v) is 5.58. The summed E-state index contributed by atoms with van der Waals surface area (Å²) in [7, 11) is -0.877. The summed E-state index contributed by atoms with van der Waals surface area (Å²) in [5, 5.41) is -0.0977. The lowest BCUT2D eigenvalue weighted by Crippen LogP contribution is -2.34. The standard InChI is InChI=1S/C13H18ClNO2S/c1-15(12-7-8-18(16,17)10-12)9-13(14)11-5-3-2-4-6-11/h2-6,12-13H,7-10H2,1H3. The molecule has 1 aromatic carbocycles. The summed E-state index contributed by atoms with van der Waals surface area (Å²) >= 11 is 6.36. The van der Waals surface area contributed by atoms with E-state index in [-0.39, 0.29) is 17.2 Å². The van der Waals surface area contributed by atoms with Gasteiger partial charge >= 0.3 is 0 Å². The summed E-state index contributed by atoms with van der Waals surface area (Å²) in [4.78, 5) is 2.06. The van der Waals surface area contributed by atoms with Crippen molar-refractivity contribution in [1.82, 2.24) is 4.90 Å². The number of benzene rings is 1. The maximum Gasteiger partial charge on any atom is 0.151 e. The van der Waals surface area contributed by atoms with E-state index >= 15 is 0 Å². The van der Waals surface area contributed by atoms with Gasteiger partial charge in [-0.15, -0.1) is 11.6 Å². The third kappa shape index (κ3) is 3.46. The molecule has 0 saturated carbocycles. The van der Waals surface area contributed by atoms with Gasteiger partial charge in [-0.1, -0.05) is 30.3 Å². The zero-order valence-corrected chi connectivity index (χ0v) is 12.0. The van der Waals surface area contributed by atoms with Gasteiger partial charge in [-0.25, -0.2) is 8.42 Å². The minimum atomic E-state index is -2.83. The SMILES string of the molecule is CN(CC(Cl)c1ccccc1)C1CCS(=O)(=O)C1. The van der Waals surface area contributed by atoms with Crippen LogP contribution in [-0.4, -0.2) is 44.5 Å². The van der Waals surface area contributed by atoms with Gasteiger partial charge in [0, 0.05) is 12.6 Å². The molecule has 2 unspecified atom stereocenters. The van der Waals surface area contributed by atoms with Gasteiger partial charge in [0.25, 0.3) is 0 Å². The summed E-state index contributed by atoms with van der Waals surface area (Å²) in [5.74, 6) is 0.572. The molecule has 1 saturated heterocycles. The molecule has 0 aromatic heterocycles. The lowest BCUT2D eigenvalue weighted by atomic mass is 10.1. The van der Waals surface area contributed by atoms with Gasteiger partial charge in [-0.05, 0) is 19.0 Å². The number of alkyl halides is 1. The first-order valence-electron chi connectivity index (χ1n) is 6.07. The van der Waals surface area contributed by atoms with Gasteiger partial charge in [-0.3, -0.25) is 0 Å². The minimum absolute atomic E-state index is 0.0977. The van der Waals surface area contributed by atoms with Crippen molar-refractivity contribution in [2.45, 2.75) is 17.8 Å². The molecule has 1 aromatic rings. The Hall–Kier alpha value is -0.580. The first kappa shape index (κ1) is 13.8. The van der Waals surface area contributed by atoms with Crippen LogP contribution in [0.1, 0.15) is 17.4 Å². The molecule has 0 spiro atoms. The Morgan fingerprint density at radius 2 is 2.06 bits per heavy atom. The van der Waals surface area contributed by atoms with E-state index in [0.29, 0.717) is 12.3 Å². The van der Waals surface area contributed by atoms with E-state index in [1.54, 1.807) is 0 Å². The molecule has 0 radical (unpaired) electrons. The maximum absolute atomic E-state index is 11.4. The second-order valence-corrected chi connectivity index (χ2v) is 7.63. The smallest absolute Gasteiger partial charge is 0.151 e. The Labute approximate surface area is 114 Å². The summed E-state index contributed by atoms with van der Waals surface area (Å²) in [5.41, 5.74) is 1.08. The van der Waals surface area contributed by atoms with Crippen molar-refractivity contribution in [3.05, 3.63) is 35.9 Å². The van der Waals surface area contributed by atoms with Crippen molar-refractivity contribution < 1.29 is 8.42 Å². The molecule has 5 heteroatoms. The fourth-order valence-electron chi connectivity index (χ4n) is 2.29. The van der Waals surface area contributed by atoms with Crippen LogP contribution in [0.5, 0.6) is 0 Å². The highest BCUT2D eigenvalue weighted by molar-refractivity contribution is 7.91. The quantitative estimate of drug-likeness (QED) is 0.796. The molecule has 1 heterocycles. The van der Waals surface area contributed by atoms with Crippen LogP contribution in [0.2, 0.25) is 0 Å². The van der Waals surface area contributed by atoms with Crippen LogP contribution in [0, 0.1) is 0 Å². The van der Waals surface area contributed by atoms with Crippen LogP contribution >= 0.6 is 11.6 Å². The van der Waals surface area contributed by atoms with E-state index in [9.17, 15) is 8.42 Å². The second-order valence-electron chi connectivity index (χ2n) is 4.87. The van der Waals surface area contributed by atoms with E-state index in [4.69, 9.17) is 11.6 Å². The van der Waals surface area contributed by atoms with Crippen molar-refractivity contribution >= 4 is 21.4 Å². The second kappa shape index (κ2) is 5.59. The zero-order chi connectivity index (χ0) is 13.2. The largest absolute Gasteiger partial charge is 0.301 e. The summed E-state index contributed by atoms with van der Waals surface area (Å²) in [6, 6.07) is 9.99. The minimum Gasteiger partial charge on any atom is -0.301 e. The average Bonchev–Trinajstić information content (AvgIpc) is 2.71. The van der Waals surface area contributed by atoms with Crippen molar-refractivity contribution in [1.29, 1.82) is 0 Å². The highest BCUT2D eigenvalue weighted by Gasteiger charge is 2.31. The number of likely N-dealkylation sites (N-methyl/N-ethyl adjacent to an activating group) is 1. The molecule has 1 aliphatic rings. The van der Waals surface area contributed by atoms with Crippen LogP contribution < -0.4 is 0 Å². The predicted molar refractivity (Wildman–Crippen MR) is 74.7 cm³/mol. The molecular weight excluding hydrogens is 270 g/mol. The molecule has 100 valence electrons. The summed E-state index contributed by atoms with van der Waals surface area (Å²) in [6.07, 6.45) is 0.719. The van der Waals surface area contributed by atoms with Crippen LogP contribution in [0.15, 0.2) is 30.3 Å². The van der Waals surface area contributed by atoms with Crippen molar-refractivity contribution in [2.75, 3.05) is 25.1 Å². The van der Waals surface area contributed by atoms with E-state index < -0.39 is 9.84 Å². The number of sulfone groups is 1. The molecule has 0 amide bonds. The first-order chi connectivity index (χ1) is 8.48. The number of hydrogen-bond acceptors (Lipinski definition) is 3. The van der Waals surface area contributed by atoms with Gasteiger partial charge in [-0.2, -0.15) is 0 Å². The van der Waals surface area contributed by atoms with E-state index in [1.165, 1.54) is 0 Å². The number of rotatable bonds is 4. The maximum atomic E-state index is 11.4. The highest BCUT2D eigenvalue weighted by atomic mass is 35.5. The molecule has 18 heavy (non-hydrogen) atoms. The molecular formula is C13H18ClNO2S. The summed E-state index contributed by atoms with van der Waals surface area (Å²) < 4.78 is 22.9. The molecule has 2 rings (SSSR count). The Morgan fingerprint density at radius 1 is 1.39 bits per heavy atom. The Bertz CT molecular complexity index is 489. The van der Waals surface area contributed by atoms with E-state index in [1.807, 2.05) is 37.4 Å². The average molecular weight is 288 g/mol. The Kier molecular flexibility index (Phi) is 4.30. The van der Waals surface area contributed by atoms with E-state index in [0.717, 1.165) is 12.0 Å². The molecule has 1 fully saturated rings. The van der Waals surface area contributed by atoms with Crippen molar-refractivity contribution in [2.24, 2.45) is 0 Å². The molecule has 0 aliphatic carbocycles. The van der Waals surface area contributed by atoms with Gasteiger partial charge in [0.2, 0.25) is 0 Å². The third-order valence-electron chi connectivity index (χ3n) is 3.44. The lowest BCUT2D eigenvalue weighted by Gasteiger charge is -2.25. The van der Waals surface area contributed by atoms with Crippen LogP contribution in [-0.2, 0) is 9.84 Å². The molecule has 1 aliphatic heterocycles. The van der Waals surface area contributed by atoms with Gasteiger partial charge in [0.1, 0.15) is 0 Å². The fourth-order valence-corrected chi connectivity index (χ4v) is 4.46. The zero-order valence-electron chi connectivity index (χ0n) is 10.4. The number of nitrogens with zero attached hydrogens (tertiary/aromatic N) is 1. The molecule has 2 atom stereocenters. The van der Waals surface area contributed by atoms with Gasteiger partial charge in [0.05, 0.1) is 16.9 Å². The first-order valence-corrected chi connectivity index (χ1v) is 8.33. The van der Waals surface area contributed by atoms with Crippen LogP contribution in [0.25, 0.3) is 0 Å².